The first-order chi connectivity index (χ1) is 7.88. The number of aliphatic hydroxyl groups excluding tert-OH is 1. The molecule has 0 aliphatic heterocycles. The number of aliphatic hydroxyl groups is 1. The van der Waals surface area contributed by atoms with E-state index in [1.165, 1.54) is 29.3 Å². The van der Waals surface area contributed by atoms with Gasteiger partial charge in [-0.1, -0.05) is 18.2 Å². The lowest BCUT2D eigenvalue weighted by Gasteiger charge is -2.08. The Labute approximate surface area is 95.5 Å². The summed E-state index contributed by atoms with van der Waals surface area (Å²) in [5, 5.41) is 10.4. The van der Waals surface area contributed by atoms with E-state index >= 15 is 0 Å². The molecule has 1 saturated carbocycles. The molecule has 1 N–H and O–H groups in total. The fraction of sp³-hybridized carbons (Fsp3) is 0.429. The Morgan fingerprint density at radius 1 is 1.25 bits per heavy atom. The highest BCUT2D eigenvalue weighted by Crippen LogP contribution is 2.32. The van der Waals surface area contributed by atoms with E-state index in [9.17, 15) is 0 Å². The van der Waals surface area contributed by atoms with Crippen molar-refractivity contribution in [1.29, 1.82) is 0 Å². The second-order valence-electron chi connectivity index (χ2n) is 4.74. The van der Waals surface area contributed by atoms with Gasteiger partial charge in [-0.3, -0.25) is 0 Å². The van der Waals surface area contributed by atoms with E-state index in [0.29, 0.717) is 0 Å². The van der Waals surface area contributed by atoms with Gasteiger partial charge < -0.3 is 9.67 Å². The summed E-state index contributed by atoms with van der Waals surface area (Å²) < 4.78 is 2.36. The zero-order valence-electron chi connectivity index (χ0n) is 9.39. The summed E-state index contributed by atoms with van der Waals surface area (Å²) >= 11 is 0. The van der Waals surface area contributed by atoms with Crippen LogP contribution in [0.4, 0.5) is 0 Å². The number of rotatable bonds is 4. The maximum atomic E-state index is 9.09. The molecule has 1 aromatic carbocycles. The molecular weight excluding hydrogens is 198 g/mol. The second-order valence-corrected chi connectivity index (χ2v) is 4.74. The average Bonchev–Trinajstić information content (AvgIpc) is 3.00. The molecule has 0 saturated heterocycles. The van der Waals surface area contributed by atoms with Crippen molar-refractivity contribution in [2.45, 2.75) is 25.8 Å². The third kappa shape index (κ3) is 1.74. The van der Waals surface area contributed by atoms with Crippen LogP contribution in [0.25, 0.3) is 10.9 Å². The van der Waals surface area contributed by atoms with Gasteiger partial charge in [0.15, 0.2) is 0 Å². The van der Waals surface area contributed by atoms with E-state index in [1.54, 1.807) is 0 Å². The first-order valence-electron chi connectivity index (χ1n) is 6.06. The third-order valence-electron chi connectivity index (χ3n) is 3.41. The monoisotopic (exact) mass is 215 g/mol. The van der Waals surface area contributed by atoms with Gasteiger partial charge in [-0.05, 0) is 42.2 Å². The number of aromatic nitrogens is 1. The summed E-state index contributed by atoms with van der Waals surface area (Å²) in [5.41, 5.74) is 2.59. The Morgan fingerprint density at radius 3 is 2.88 bits per heavy atom. The molecule has 1 aromatic heterocycles. The molecule has 0 amide bonds. The molecule has 0 bridgehead atoms. The van der Waals surface area contributed by atoms with Gasteiger partial charge in [0.1, 0.15) is 0 Å². The van der Waals surface area contributed by atoms with Crippen molar-refractivity contribution < 1.29 is 5.11 Å². The number of hydrogen-bond acceptors (Lipinski definition) is 1. The number of hydrogen-bond donors (Lipinski definition) is 1. The van der Waals surface area contributed by atoms with Crippen molar-refractivity contribution in [2.75, 3.05) is 6.61 Å². The van der Waals surface area contributed by atoms with Crippen LogP contribution in [0.1, 0.15) is 18.4 Å². The predicted octanol–water partition coefficient (Wildman–Crippen LogP) is 2.59. The van der Waals surface area contributed by atoms with Gasteiger partial charge >= 0.3 is 0 Å². The topological polar surface area (TPSA) is 25.2 Å². The Balaban J connectivity index is 2.05. The number of benzene rings is 1. The van der Waals surface area contributed by atoms with Crippen molar-refractivity contribution in [3.05, 3.63) is 36.0 Å². The molecule has 1 aliphatic rings. The van der Waals surface area contributed by atoms with E-state index in [4.69, 9.17) is 5.11 Å². The molecule has 2 aromatic rings. The maximum Gasteiger partial charge on any atom is 0.0513 e. The Kier molecular flexibility index (Phi) is 2.44. The standard InChI is InChI=1S/C14H17NO/c16-9-7-13-3-1-2-12-6-8-15(14(12)13)10-11-4-5-11/h1-3,6,8,11,16H,4-5,7,9-10H2. The van der Waals surface area contributed by atoms with Gasteiger partial charge in [0.2, 0.25) is 0 Å². The molecular formula is C14H17NO. The molecule has 0 atom stereocenters. The molecule has 3 rings (SSSR count). The Morgan fingerprint density at radius 2 is 2.12 bits per heavy atom. The molecule has 2 nitrogen and oxygen atoms in total. The highest BCUT2D eigenvalue weighted by atomic mass is 16.2. The van der Waals surface area contributed by atoms with Crippen LogP contribution in [0.2, 0.25) is 0 Å². The van der Waals surface area contributed by atoms with Gasteiger partial charge in [-0.2, -0.15) is 0 Å². The normalized spacial score (nSPS) is 15.8. The third-order valence-corrected chi connectivity index (χ3v) is 3.41. The van der Waals surface area contributed by atoms with E-state index in [-0.39, 0.29) is 6.61 Å². The van der Waals surface area contributed by atoms with Crippen molar-refractivity contribution >= 4 is 10.9 Å². The molecule has 1 fully saturated rings. The summed E-state index contributed by atoms with van der Waals surface area (Å²) in [6, 6.07) is 8.54. The van der Waals surface area contributed by atoms with Crippen LogP contribution < -0.4 is 0 Å². The van der Waals surface area contributed by atoms with Crippen LogP contribution in [0.5, 0.6) is 0 Å². The van der Waals surface area contributed by atoms with Gasteiger partial charge in [0, 0.05) is 19.3 Å². The lowest BCUT2D eigenvalue weighted by molar-refractivity contribution is 0.300. The van der Waals surface area contributed by atoms with E-state index in [2.05, 4.69) is 35.0 Å². The summed E-state index contributed by atoms with van der Waals surface area (Å²) in [4.78, 5) is 0. The van der Waals surface area contributed by atoms with Gasteiger partial charge in [-0.15, -0.1) is 0 Å². The molecule has 0 unspecified atom stereocenters. The lowest BCUT2D eigenvalue weighted by atomic mass is 10.1. The zero-order chi connectivity index (χ0) is 11.0. The van der Waals surface area contributed by atoms with E-state index in [1.807, 2.05) is 0 Å². The molecule has 16 heavy (non-hydrogen) atoms. The molecule has 84 valence electrons. The first-order valence-corrected chi connectivity index (χ1v) is 6.06. The van der Waals surface area contributed by atoms with Crippen molar-refractivity contribution in [3.63, 3.8) is 0 Å². The number of nitrogens with zero attached hydrogens (tertiary/aromatic N) is 1. The zero-order valence-corrected chi connectivity index (χ0v) is 9.39. The summed E-state index contributed by atoms with van der Waals surface area (Å²) in [6.45, 7) is 1.37. The minimum atomic E-state index is 0.230. The van der Waals surface area contributed by atoms with Crippen LogP contribution in [-0.4, -0.2) is 16.3 Å². The highest BCUT2D eigenvalue weighted by molar-refractivity contribution is 5.83. The average molecular weight is 215 g/mol. The summed E-state index contributed by atoms with van der Waals surface area (Å²) in [5.74, 6) is 0.887. The maximum absolute atomic E-state index is 9.09. The highest BCUT2D eigenvalue weighted by Gasteiger charge is 2.22. The summed E-state index contributed by atoms with van der Waals surface area (Å²) in [6.07, 6.45) is 5.69. The molecule has 0 spiro atoms. The Hall–Kier alpha value is -1.28. The SMILES string of the molecule is OCCc1cccc2ccn(CC3CC3)c12. The summed E-state index contributed by atoms with van der Waals surface area (Å²) in [7, 11) is 0. The van der Waals surface area contributed by atoms with Crippen LogP contribution >= 0.6 is 0 Å². The van der Waals surface area contributed by atoms with Crippen LogP contribution in [0, 0.1) is 5.92 Å². The second kappa shape index (κ2) is 3.95. The van der Waals surface area contributed by atoms with Gasteiger partial charge in [0.05, 0.1) is 5.52 Å². The fourth-order valence-corrected chi connectivity index (χ4v) is 2.39. The van der Waals surface area contributed by atoms with Crippen molar-refractivity contribution in [2.24, 2.45) is 5.92 Å². The van der Waals surface area contributed by atoms with Crippen molar-refractivity contribution in [1.82, 2.24) is 4.57 Å². The molecule has 1 aliphatic carbocycles. The molecule has 0 radical (unpaired) electrons. The van der Waals surface area contributed by atoms with Crippen molar-refractivity contribution in [3.8, 4) is 0 Å². The number of fused-ring (bicyclic) bond motifs is 1. The largest absolute Gasteiger partial charge is 0.396 e. The first kappa shape index (κ1) is 9.91. The van der Waals surface area contributed by atoms with E-state index < -0.39 is 0 Å². The fourth-order valence-electron chi connectivity index (χ4n) is 2.39. The van der Waals surface area contributed by atoms with Crippen LogP contribution in [0.3, 0.4) is 0 Å². The van der Waals surface area contributed by atoms with Gasteiger partial charge in [0.25, 0.3) is 0 Å². The van der Waals surface area contributed by atoms with E-state index in [0.717, 1.165) is 18.9 Å². The number of para-hydroxylation sites is 1. The molecule has 1 heterocycles. The Bertz CT molecular complexity index is 496. The quantitative estimate of drug-likeness (QED) is 0.833. The van der Waals surface area contributed by atoms with Crippen LogP contribution in [0.15, 0.2) is 30.5 Å². The molecule has 2 heteroatoms. The predicted molar refractivity (Wildman–Crippen MR) is 65.5 cm³/mol. The minimum Gasteiger partial charge on any atom is -0.396 e. The van der Waals surface area contributed by atoms with Crippen LogP contribution in [-0.2, 0) is 13.0 Å². The smallest absolute Gasteiger partial charge is 0.0513 e. The van der Waals surface area contributed by atoms with Gasteiger partial charge in [-0.25, -0.2) is 0 Å². The lowest BCUT2D eigenvalue weighted by Crippen LogP contribution is -2.01. The minimum absolute atomic E-state index is 0.230.